The highest BCUT2D eigenvalue weighted by atomic mass is 16.3. The van der Waals surface area contributed by atoms with Crippen LogP contribution in [-0.2, 0) is 4.79 Å². The average Bonchev–Trinajstić information content (AvgIpc) is 3.47. The van der Waals surface area contributed by atoms with Crippen molar-refractivity contribution in [2.75, 3.05) is 5.32 Å². The molecule has 8 nitrogen and oxygen atoms in total. The van der Waals surface area contributed by atoms with E-state index in [4.69, 9.17) is 4.42 Å². The van der Waals surface area contributed by atoms with Crippen LogP contribution in [0.1, 0.15) is 64.0 Å². The summed E-state index contributed by atoms with van der Waals surface area (Å²) in [5, 5.41) is 7.47. The van der Waals surface area contributed by atoms with E-state index in [0.29, 0.717) is 35.3 Å². The number of hydrogen-bond acceptors (Lipinski definition) is 5. The Bertz CT molecular complexity index is 1060. The Labute approximate surface area is 174 Å². The Morgan fingerprint density at radius 1 is 1.33 bits per heavy atom. The van der Waals surface area contributed by atoms with Crippen molar-refractivity contribution in [2.45, 2.75) is 58.3 Å². The number of carbonyl (C=O) groups excluding carboxylic acids is 1. The number of nitrogens with one attached hydrogen (secondary N) is 2. The predicted octanol–water partition coefficient (Wildman–Crippen LogP) is 4.25. The minimum Gasteiger partial charge on any atom is -0.463 e. The SMILES string of the molecule is CC(C)c1cc(=O)[nH]c(-n2nc(-c3ccco3)cc2NC(=O)CCC2CCCC2)n1. The van der Waals surface area contributed by atoms with Crippen LogP contribution < -0.4 is 10.9 Å². The van der Waals surface area contributed by atoms with Crippen LogP contribution in [0.4, 0.5) is 5.82 Å². The topological polar surface area (TPSA) is 106 Å². The Hall–Kier alpha value is -3.16. The van der Waals surface area contributed by atoms with Gasteiger partial charge < -0.3 is 9.73 Å². The molecule has 1 aliphatic rings. The maximum atomic E-state index is 12.6. The minimum atomic E-state index is -0.266. The van der Waals surface area contributed by atoms with Crippen molar-refractivity contribution >= 4 is 11.7 Å². The number of nitrogens with zero attached hydrogens (tertiary/aromatic N) is 3. The fourth-order valence-corrected chi connectivity index (χ4v) is 3.88. The molecule has 0 saturated heterocycles. The van der Waals surface area contributed by atoms with Crippen LogP contribution in [0.3, 0.4) is 0 Å². The van der Waals surface area contributed by atoms with Gasteiger partial charge in [0.05, 0.1) is 12.0 Å². The number of anilines is 1. The van der Waals surface area contributed by atoms with Gasteiger partial charge in [-0.2, -0.15) is 9.78 Å². The number of amides is 1. The van der Waals surface area contributed by atoms with Crippen molar-refractivity contribution in [3.05, 3.63) is 46.6 Å². The number of H-pyrrole nitrogens is 1. The summed E-state index contributed by atoms with van der Waals surface area (Å²) in [5.41, 5.74) is 0.934. The summed E-state index contributed by atoms with van der Waals surface area (Å²) in [6, 6.07) is 6.77. The van der Waals surface area contributed by atoms with Gasteiger partial charge in [0.15, 0.2) is 5.76 Å². The number of furan rings is 1. The van der Waals surface area contributed by atoms with E-state index in [9.17, 15) is 9.59 Å². The first-order chi connectivity index (χ1) is 14.5. The quantitative estimate of drug-likeness (QED) is 0.607. The van der Waals surface area contributed by atoms with Crippen LogP contribution >= 0.6 is 0 Å². The monoisotopic (exact) mass is 409 g/mol. The summed E-state index contributed by atoms with van der Waals surface area (Å²) in [4.78, 5) is 32.0. The number of rotatable bonds is 7. The van der Waals surface area contributed by atoms with Gasteiger partial charge in [-0.05, 0) is 30.4 Å². The first-order valence-electron chi connectivity index (χ1n) is 10.5. The van der Waals surface area contributed by atoms with E-state index in [1.165, 1.54) is 36.4 Å². The van der Waals surface area contributed by atoms with Gasteiger partial charge in [-0.3, -0.25) is 14.6 Å². The lowest BCUT2D eigenvalue weighted by Crippen LogP contribution is -2.19. The third-order valence-electron chi connectivity index (χ3n) is 5.55. The molecule has 0 bridgehead atoms. The molecule has 0 aromatic carbocycles. The molecule has 1 amide bonds. The number of aromatic nitrogens is 4. The summed E-state index contributed by atoms with van der Waals surface area (Å²) in [5.74, 6) is 1.92. The maximum absolute atomic E-state index is 12.6. The van der Waals surface area contributed by atoms with Crippen LogP contribution in [-0.4, -0.2) is 25.7 Å². The lowest BCUT2D eigenvalue weighted by Gasteiger charge is -2.11. The summed E-state index contributed by atoms with van der Waals surface area (Å²) in [6.45, 7) is 3.93. The van der Waals surface area contributed by atoms with E-state index >= 15 is 0 Å². The zero-order valence-corrected chi connectivity index (χ0v) is 17.4. The minimum absolute atomic E-state index is 0.0728. The van der Waals surface area contributed by atoms with Gasteiger partial charge in [0.1, 0.15) is 11.5 Å². The van der Waals surface area contributed by atoms with Crippen molar-refractivity contribution in [3.8, 4) is 17.4 Å². The summed E-state index contributed by atoms with van der Waals surface area (Å²) >= 11 is 0. The Kier molecular flexibility index (Phi) is 5.83. The molecule has 3 aromatic rings. The van der Waals surface area contributed by atoms with Crippen LogP contribution in [0.2, 0.25) is 0 Å². The molecule has 0 radical (unpaired) electrons. The molecule has 158 valence electrons. The summed E-state index contributed by atoms with van der Waals surface area (Å²) in [6.07, 6.45) is 7.86. The van der Waals surface area contributed by atoms with Crippen LogP contribution in [0.15, 0.2) is 39.7 Å². The Morgan fingerprint density at radius 2 is 2.13 bits per heavy atom. The number of hydrogen-bond donors (Lipinski definition) is 2. The molecule has 3 aromatic heterocycles. The molecule has 0 aliphatic heterocycles. The smallest absolute Gasteiger partial charge is 0.252 e. The third-order valence-corrected chi connectivity index (χ3v) is 5.55. The largest absolute Gasteiger partial charge is 0.463 e. The fourth-order valence-electron chi connectivity index (χ4n) is 3.88. The van der Waals surface area contributed by atoms with Crippen molar-refractivity contribution < 1.29 is 9.21 Å². The average molecular weight is 409 g/mol. The van der Waals surface area contributed by atoms with E-state index in [0.717, 1.165) is 6.42 Å². The summed E-state index contributed by atoms with van der Waals surface area (Å²) < 4.78 is 6.91. The van der Waals surface area contributed by atoms with Crippen LogP contribution in [0.5, 0.6) is 0 Å². The highest BCUT2D eigenvalue weighted by molar-refractivity contribution is 5.90. The molecule has 0 unspecified atom stereocenters. The Balaban J connectivity index is 1.63. The number of aromatic amines is 1. The van der Waals surface area contributed by atoms with Crippen molar-refractivity contribution in [1.29, 1.82) is 0 Å². The lowest BCUT2D eigenvalue weighted by molar-refractivity contribution is -0.116. The van der Waals surface area contributed by atoms with Gasteiger partial charge in [0, 0.05) is 18.6 Å². The molecule has 1 aliphatic carbocycles. The van der Waals surface area contributed by atoms with Crippen molar-refractivity contribution in [3.63, 3.8) is 0 Å². The van der Waals surface area contributed by atoms with Gasteiger partial charge in [-0.15, -0.1) is 0 Å². The van der Waals surface area contributed by atoms with E-state index in [-0.39, 0.29) is 23.3 Å². The van der Waals surface area contributed by atoms with E-state index < -0.39 is 0 Å². The molecular formula is C22H27N5O3. The molecule has 1 saturated carbocycles. The second-order valence-electron chi connectivity index (χ2n) is 8.19. The van der Waals surface area contributed by atoms with Gasteiger partial charge >= 0.3 is 0 Å². The molecular weight excluding hydrogens is 382 g/mol. The highest BCUT2D eigenvalue weighted by Gasteiger charge is 2.20. The molecule has 1 fully saturated rings. The molecule has 30 heavy (non-hydrogen) atoms. The van der Waals surface area contributed by atoms with Gasteiger partial charge in [0.25, 0.3) is 5.56 Å². The standard InChI is InChI=1S/C22H27N5O3/c1-14(2)16-13-21(29)25-22(23-16)27-19(12-17(26-27)18-8-5-11-30-18)24-20(28)10-9-15-6-3-4-7-15/h5,8,11-15H,3-4,6-7,9-10H2,1-2H3,(H,24,28)(H,23,25,29). The first kappa shape index (κ1) is 20.1. The van der Waals surface area contributed by atoms with E-state index in [1.807, 2.05) is 13.8 Å². The molecule has 8 heteroatoms. The zero-order chi connectivity index (χ0) is 21.1. The van der Waals surface area contributed by atoms with Gasteiger partial charge in [0.2, 0.25) is 11.9 Å². The van der Waals surface area contributed by atoms with Gasteiger partial charge in [-0.25, -0.2) is 4.98 Å². The van der Waals surface area contributed by atoms with Crippen molar-refractivity contribution in [2.24, 2.45) is 5.92 Å². The third kappa shape index (κ3) is 4.53. The number of carbonyl (C=O) groups is 1. The molecule has 0 spiro atoms. The second kappa shape index (κ2) is 8.69. The van der Waals surface area contributed by atoms with E-state index in [2.05, 4.69) is 20.4 Å². The molecule has 2 N–H and O–H groups in total. The van der Waals surface area contributed by atoms with E-state index in [1.54, 1.807) is 24.5 Å². The maximum Gasteiger partial charge on any atom is 0.252 e. The molecule has 4 rings (SSSR count). The van der Waals surface area contributed by atoms with Gasteiger partial charge in [-0.1, -0.05) is 39.5 Å². The fraction of sp³-hybridized carbons (Fsp3) is 0.455. The Morgan fingerprint density at radius 3 is 2.83 bits per heavy atom. The lowest BCUT2D eigenvalue weighted by atomic mass is 10.0. The second-order valence-corrected chi connectivity index (χ2v) is 8.19. The predicted molar refractivity (Wildman–Crippen MR) is 114 cm³/mol. The molecule has 3 heterocycles. The first-order valence-corrected chi connectivity index (χ1v) is 10.5. The molecule has 0 atom stereocenters. The zero-order valence-electron chi connectivity index (χ0n) is 17.4. The normalized spacial score (nSPS) is 14.5. The van der Waals surface area contributed by atoms with Crippen LogP contribution in [0, 0.1) is 5.92 Å². The summed E-state index contributed by atoms with van der Waals surface area (Å²) in [7, 11) is 0. The van der Waals surface area contributed by atoms with Crippen LogP contribution in [0.25, 0.3) is 17.4 Å². The van der Waals surface area contributed by atoms with Crippen molar-refractivity contribution in [1.82, 2.24) is 19.7 Å². The highest BCUT2D eigenvalue weighted by Crippen LogP contribution is 2.29.